The molecule has 0 amide bonds. The lowest BCUT2D eigenvalue weighted by Crippen LogP contribution is -2.04. The van der Waals surface area contributed by atoms with E-state index < -0.39 is 5.97 Å². The molecular formula is C13H11N5O2. The Kier molecular flexibility index (Phi) is 3.00. The lowest BCUT2D eigenvalue weighted by atomic mass is 10.1. The first kappa shape index (κ1) is 12.1. The Labute approximate surface area is 113 Å². The Balaban J connectivity index is 1.76. The van der Waals surface area contributed by atoms with Crippen molar-refractivity contribution in [1.82, 2.24) is 19.6 Å². The molecule has 2 aromatic heterocycles. The molecule has 7 heteroatoms. The predicted octanol–water partition coefficient (Wildman–Crippen LogP) is 1.43. The van der Waals surface area contributed by atoms with E-state index in [9.17, 15) is 4.79 Å². The first-order chi connectivity index (χ1) is 9.74. The van der Waals surface area contributed by atoms with Gasteiger partial charge in [0.05, 0.1) is 5.56 Å². The number of rotatable bonds is 4. The van der Waals surface area contributed by atoms with E-state index in [1.165, 1.54) is 0 Å². The molecule has 100 valence electrons. The summed E-state index contributed by atoms with van der Waals surface area (Å²) in [5.41, 5.74) is 1.87. The molecule has 7 nitrogen and oxygen atoms in total. The monoisotopic (exact) mass is 269 g/mol. The van der Waals surface area contributed by atoms with Crippen LogP contribution in [0.15, 0.2) is 43.0 Å². The van der Waals surface area contributed by atoms with Crippen molar-refractivity contribution in [1.29, 1.82) is 0 Å². The van der Waals surface area contributed by atoms with E-state index in [0.717, 1.165) is 5.56 Å². The highest BCUT2D eigenvalue weighted by Gasteiger charge is 2.05. The summed E-state index contributed by atoms with van der Waals surface area (Å²) in [6.07, 6.45) is 5.03. The Morgan fingerprint density at radius 2 is 2.10 bits per heavy atom. The van der Waals surface area contributed by atoms with Gasteiger partial charge in [0.15, 0.2) is 5.82 Å². The number of benzene rings is 1. The molecule has 3 aromatic rings. The maximum atomic E-state index is 10.8. The molecule has 1 aromatic carbocycles. The minimum Gasteiger partial charge on any atom is -0.478 e. The second kappa shape index (κ2) is 4.96. The van der Waals surface area contributed by atoms with Gasteiger partial charge in [-0.3, -0.25) is 4.40 Å². The number of nitrogens with one attached hydrogen (secondary N) is 1. The number of hydrogen-bond donors (Lipinski definition) is 2. The molecule has 0 bridgehead atoms. The van der Waals surface area contributed by atoms with Gasteiger partial charge in [-0.05, 0) is 17.7 Å². The van der Waals surface area contributed by atoms with Crippen LogP contribution in [0.5, 0.6) is 0 Å². The topological polar surface area (TPSA) is 92.4 Å². The van der Waals surface area contributed by atoms with Crippen LogP contribution < -0.4 is 5.32 Å². The molecule has 0 fully saturated rings. The Hall–Kier alpha value is -2.96. The Bertz CT molecular complexity index is 751. The normalized spacial score (nSPS) is 10.6. The van der Waals surface area contributed by atoms with E-state index in [1.54, 1.807) is 47.4 Å². The maximum absolute atomic E-state index is 10.8. The van der Waals surface area contributed by atoms with Crippen molar-refractivity contribution in [3.8, 4) is 0 Å². The van der Waals surface area contributed by atoms with Gasteiger partial charge in [-0.2, -0.15) is 0 Å². The number of fused-ring (bicyclic) bond motifs is 1. The summed E-state index contributed by atoms with van der Waals surface area (Å²) in [6.45, 7) is 0.527. The number of aromatic carboxylic acids is 1. The van der Waals surface area contributed by atoms with Crippen molar-refractivity contribution in [2.24, 2.45) is 0 Å². The van der Waals surface area contributed by atoms with Gasteiger partial charge < -0.3 is 10.4 Å². The fourth-order valence-corrected chi connectivity index (χ4v) is 1.83. The SMILES string of the molecule is O=C(O)c1ccc(CNc2nccn3cnnc23)cc1. The van der Waals surface area contributed by atoms with E-state index in [0.29, 0.717) is 18.0 Å². The molecule has 0 radical (unpaired) electrons. The number of carboxylic acid groups (broad SMARTS) is 1. The maximum Gasteiger partial charge on any atom is 0.335 e. The average molecular weight is 269 g/mol. The summed E-state index contributed by atoms with van der Waals surface area (Å²) in [5.74, 6) is -0.299. The molecule has 20 heavy (non-hydrogen) atoms. The highest BCUT2D eigenvalue weighted by Crippen LogP contribution is 2.12. The van der Waals surface area contributed by atoms with E-state index in [4.69, 9.17) is 5.11 Å². The van der Waals surface area contributed by atoms with E-state index in [-0.39, 0.29) is 5.56 Å². The third kappa shape index (κ3) is 2.28. The van der Waals surface area contributed by atoms with Crippen LogP contribution in [-0.4, -0.2) is 30.7 Å². The van der Waals surface area contributed by atoms with Crippen molar-refractivity contribution in [2.45, 2.75) is 6.54 Å². The van der Waals surface area contributed by atoms with Crippen LogP contribution in [0, 0.1) is 0 Å². The van der Waals surface area contributed by atoms with Crippen molar-refractivity contribution in [2.75, 3.05) is 5.32 Å². The second-order valence-electron chi connectivity index (χ2n) is 4.19. The number of carboxylic acids is 1. The van der Waals surface area contributed by atoms with Gasteiger partial charge in [-0.1, -0.05) is 12.1 Å². The number of hydrogen-bond acceptors (Lipinski definition) is 5. The van der Waals surface area contributed by atoms with E-state index in [1.807, 2.05) is 0 Å². The van der Waals surface area contributed by atoms with Crippen LogP contribution in [0.1, 0.15) is 15.9 Å². The fraction of sp³-hybridized carbons (Fsp3) is 0.0769. The molecule has 0 aliphatic carbocycles. The molecule has 2 heterocycles. The summed E-state index contributed by atoms with van der Waals surface area (Å²) in [6, 6.07) is 6.68. The average Bonchev–Trinajstić information content (AvgIpc) is 2.94. The number of carbonyl (C=O) groups is 1. The van der Waals surface area contributed by atoms with Gasteiger partial charge >= 0.3 is 5.97 Å². The van der Waals surface area contributed by atoms with Crippen LogP contribution in [0.25, 0.3) is 5.65 Å². The number of aromatic nitrogens is 4. The van der Waals surface area contributed by atoms with Gasteiger partial charge in [0.1, 0.15) is 6.33 Å². The summed E-state index contributed by atoms with van der Waals surface area (Å²) in [7, 11) is 0. The van der Waals surface area contributed by atoms with Crippen molar-refractivity contribution in [3.05, 3.63) is 54.1 Å². The molecular weight excluding hydrogens is 258 g/mol. The molecule has 0 saturated carbocycles. The highest BCUT2D eigenvalue weighted by molar-refractivity contribution is 5.87. The van der Waals surface area contributed by atoms with Crippen molar-refractivity contribution in [3.63, 3.8) is 0 Å². The molecule has 0 aliphatic heterocycles. The molecule has 3 rings (SSSR count). The molecule has 0 atom stereocenters. The van der Waals surface area contributed by atoms with Gasteiger partial charge in [0.2, 0.25) is 5.65 Å². The minimum absolute atomic E-state index is 0.270. The van der Waals surface area contributed by atoms with Crippen LogP contribution in [0.3, 0.4) is 0 Å². The zero-order valence-electron chi connectivity index (χ0n) is 10.4. The Morgan fingerprint density at radius 3 is 2.85 bits per heavy atom. The zero-order chi connectivity index (χ0) is 13.9. The molecule has 0 unspecified atom stereocenters. The first-order valence-corrected chi connectivity index (χ1v) is 5.94. The van der Waals surface area contributed by atoms with E-state index >= 15 is 0 Å². The van der Waals surface area contributed by atoms with E-state index in [2.05, 4.69) is 20.5 Å². The van der Waals surface area contributed by atoms with Gasteiger partial charge in [-0.15, -0.1) is 10.2 Å². The third-order valence-electron chi connectivity index (χ3n) is 2.88. The van der Waals surface area contributed by atoms with Crippen LogP contribution >= 0.6 is 0 Å². The predicted molar refractivity (Wildman–Crippen MR) is 71.5 cm³/mol. The smallest absolute Gasteiger partial charge is 0.335 e. The largest absolute Gasteiger partial charge is 0.478 e. The van der Waals surface area contributed by atoms with Crippen molar-refractivity contribution < 1.29 is 9.90 Å². The minimum atomic E-state index is -0.931. The van der Waals surface area contributed by atoms with Crippen LogP contribution in [0.4, 0.5) is 5.82 Å². The van der Waals surface area contributed by atoms with Gasteiger partial charge in [0, 0.05) is 18.9 Å². The zero-order valence-corrected chi connectivity index (χ0v) is 10.4. The van der Waals surface area contributed by atoms with Crippen LogP contribution in [-0.2, 0) is 6.54 Å². The van der Waals surface area contributed by atoms with Gasteiger partial charge in [-0.25, -0.2) is 9.78 Å². The third-order valence-corrected chi connectivity index (χ3v) is 2.88. The lowest BCUT2D eigenvalue weighted by molar-refractivity contribution is 0.0697. The summed E-state index contributed by atoms with van der Waals surface area (Å²) in [4.78, 5) is 15.0. The summed E-state index contributed by atoms with van der Waals surface area (Å²) < 4.78 is 1.77. The van der Waals surface area contributed by atoms with Crippen LogP contribution in [0.2, 0.25) is 0 Å². The quantitative estimate of drug-likeness (QED) is 0.744. The summed E-state index contributed by atoms with van der Waals surface area (Å²) >= 11 is 0. The Morgan fingerprint density at radius 1 is 1.30 bits per heavy atom. The number of nitrogens with zero attached hydrogens (tertiary/aromatic N) is 4. The van der Waals surface area contributed by atoms with Crippen molar-refractivity contribution >= 4 is 17.4 Å². The highest BCUT2D eigenvalue weighted by atomic mass is 16.4. The molecule has 0 saturated heterocycles. The fourth-order valence-electron chi connectivity index (χ4n) is 1.83. The molecule has 0 aliphatic rings. The number of anilines is 1. The lowest BCUT2D eigenvalue weighted by Gasteiger charge is -2.06. The van der Waals surface area contributed by atoms with Gasteiger partial charge in [0.25, 0.3) is 0 Å². The molecule has 0 spiro atoms. The second-order valence-corrected chi connectivity index (χ2v) is 4.19. The standard InChI is InChI=1S/C13H11N5O2/c19-13(20)10-3-1-9(2-4-10)7-15-11-12-17-16-8-18(12)6-5-14-11/h1-6,8H,7H2,(H,14,15)(H,19,20). The first-order valence-electron chi connectivity index (χ1n) is 5.94. The summed E-state index contributed by atoms with van der Waals surface area (Å²) in [5, 5.41) is 19.8. The molecule has 2 N–H and O–H groups in total.